The fraction of sp³-hybridized carbons (Fsp3) is 0.636. The van der Waals surface area contributed by atoms with Gasteiger partial charge in [0.05, 0.1) is 0 Å². The highest BCUT2D eigenvalue weighted by Gasteiger charge is 2.12. The van der Waals surface area contributed by atoms with E-state index >= 15 is 0 Å². The summed E-state index contributed by atoms with van der Waals surface area (Å²) in [6.07, 6.45) is 1.02. The van der Waals surface area contributed by atoms with Gasteiger partial charge in [0.15, 0.2) is 6.23 Å². The first-order valence-corrected chi connectivity index (χ1v) is 5.15. The van der Waals surface area contributed by atoms with Crippen LogP contribution in [0.5, 0.6) is 0 Å². The van der Waals surface area contributed by atoms with Gasteiger partial charge in [-0.2, -0.15) is 0 Å². The number of carbonyl (C=O) groups is 2. The van der Waals surface area contributed by atoms with Crippen LogP contribution in [0.1, 0.15) is 27.7 Å². The molecule has 0 radical (unpaired) electrons. The highest BCUT2D eigenvalue weighted by atomic mass is 16.6. The van der Waals surface area contributed by atoms with Crippen molar-refractivity contribution in [3.8, 4) is 0 Å². The molecule has 94 valence electrons. The minimum absolute atomic E-state index is 0.162. The summed E-state index contributed by atoms with van der Waals surface area (Å²) in [7, 11) is 0. The highest BCUT2D eigenvalue weighted by Crippen LogP contribution is 2.00. The second-order valence-corrected chi connectivity index (χ2v) is 2.98. The lowest BCUT2D eigenvalue weighted by Crippen LogP contribution is -2.35. The Bertz CT molecular complexity index is 220. The molecule has 0 aliphatic heterocycles. The summed E-state index contributed by atoms with van der Waals surface area (Å²) in [4.78, 5) is 21.8. The van der Waals surface area contributed by atoms with Crippen LogP contribution in [0.2, 0.25) is 0 Å². The molecule has 0 aromatic heterocycles. The largest absolute Gasteiger partial charge is 0.481 e. The summed E-state index contributed by atoms with van der Waals surface area (Å²) in [5, 5.41) is 7.42. The first kappa shape index (κ1) is 17.0. The van der Waals surface area contributed by atoms with E-state index in [4.69, 9.17) is 14.6 Å². The van der Waals surface area contributed by atoms with Crippen molar-refractivity contribution >= 4 is 11.9 Å². The SMILES string of the molecule is C=CC(=O)OC(C)N(CC)CC.CC(=O)O. The third-order valence-electron chi connectivity index (χ3n) is 1.78. The number of carboxylic acid groups (broad SMARTS) is 1. The molecule has 0 aromatic rings. The summed E-state index contributed by atoms with van der Waals surface area (Å²) in [6, 6.07) is 0. The molecule has 0 saturated carbocycles. The van der Waals surface area contributed by atoms with E-state index < -0.39 is 5.97 Å². The lowest BCUT2D eigenvalue weighted by Gasteiger charge is -2.25. The zero-order chi connectivity index (χ0) is 13.1. The monoisotopic (exact) mass is 231 g/mol. The Morgan fingerprint density at radius 3 is 2.06 bits per heavy atom. The summed E-state index contributed by atoms with van der Waals surface area (Å²) >= 11 is 0. The zero-order valence-electron chi connectivity index (χ0n) is 10.4. The van der Waals surface area contributed by atoms with Crippen LogP contribution in [0.3, 0.4) is 0 Å². The van der Waals surface area contributed by atoms with E-state index in [1.807, 2.05) is 25.7 Å². The van der Waals surface area contributed by atoms with Crippen LogP contribution in [-0.2, 0) is 14.3 Å². The number of carbonyl (C=O) groups excluding carboxylic acids is 1. The average Bonchev–Trinajstić information content (AvgIpc) is 2.18. The fourth-order valence-electron chi connectivity index (χ4n) is 1.03. The van der Waals surface area contributed by atoms with Crippen molar-refractivity contribution in [2.24, 2.45) is 0 Å². The topological polar surface area (TPSA) is 66.8 Å². The van der Waals surface area contributed by atoms with Gasteiger partial charge in [-0.05, 0) is 20.0 Å². The first-order valence-electron chi connectivity index (χ1n) is 5.15. The zero-order valence-corrected chi connectivity index (χ0v) is 10.4. The number of aliphatic carboxylic acids is 1. The molecule has 0 amide bonds. The molecule has 1 unspecified atom stereocenters. The van der Waals surface area contributed by atoms with Crippen LogP contribution in [0.15, 0.2) is 12.7 Å². The van der Waals surface area contributed by atoms with Gasteiger partial charge < -0.3 is 9.84 Å². The Kier molecular flexibility index (Phi) is 10.8. The number of rotatable bonds is 5. The van der Waals surface area contributed by atoms with Gasteiger partial charge in [0.2, 0.25) is 0 Å². The summed E-state index contributed by atoms with van der Waals surface area (Å²) in [5.41, 5.74) is 0. The van der Waals surface area contributed by atoms with E-state index in [2.05, 4.69) is 6.58 Å². The van der Waals surface area contributed by atoms with E-state index in [0.717, 1.165) is 20.0 Å². The smallest absolute Gasteiger partial charge is 0.331 e. The van der Waals surface area contributed by atoms with E-state index in [1.54, 1.807) is 0 Å². The minimum atomic E-state index is -0.833. The fourth-order valence-corrected chi connectivity index (χ4v) is 1.03. The van der Waals surface area contributed by atoms with Gasteiger partial charge in [-0.15, -0.1) is 0 Å². The minimum Gasteiger partial charge on any atom is -0.481 e. The Morgan fingerprint density at radius 1 is 1.44 bits per heavy atom. The van der Waals surface area contributed by atoms with Crippen LogP contribution in [-0.4, -0.2) is 41.3 Å². The average molecular weight is 231 g/mol. The van der Waals surface area contributed by atoms with Gasteiger partial charge in [0.1, 0.15) is 0 Å². The van der Waals surface area contributed by atoms with Crippen LogP contribution >= 0.6 is 0 Å². The van der Waals surface area contributed by atoms with Crippen molar-refractivity contribution in [3.05, 3.63) is 12.7 Å². The molecule has 0 aliphatic carbocycles. The predicted molar refractivity (Wildman–Crippen MR) is 62.0 cm³/mol. The predicted octanol–water partition coefficient (Wildman–Crippen LogP) is 1.49. The number of carboxylic acids is 1. The molecule has 5 heteroatoms. The Morgan fingerprint density at radius 2 is 1.81 bits per heavy atom. The molecule has 5 nitrogen and oxygen atoms in total. The highest BCUT2D eigenvalue weighted by molar-refractivity contribution is 5.81. The van der Waals surface area contributed by atoms with Gasteiger partial charge in [-0.1, -0.05) is 20.4 Å². The van der Waals surface area contributed by atoms with Crippen LogP contribution in [0, 0.1) is 0 Å². The van der Waals surface area contributed by atoms with Gasteiger partial charge in [-0.3, -0.25) is 9.69 Å². The van der Waals surface area contributed by atoms with Crippen molar-refractivity contribution in [2.75, 3.05) is 13.1 Å². The van der Waals surface area contributed by atoms with Crippen molar-refractivity contribution in [2.45, 2.75) is 33.9 Å². The molecule has 1 atom stereocenters. The molecule has 0 saturated heterocycles. The number of esters is 1. The van der Waals surface area contributed by atoms with E-state index in [1.165, 1.54) is 6.08 Å². The molecule has 16 heavy (non-hydrogen) atoms. The summed E-state index contributed by atoms with van der Waals surface area (Å²) in [6.45, 7) is 12.1. The first-order chi connectivity index (χ1) is 7.38. The maximum absolute atomic E-state index is 10.8. The van der Waals surface area contributed by atoms with Crippen molar-refractivity contribution < 1.29 is 19.4 Å². The van der Waals surface area contributed by atoms with E-state index in [-0.39, 0.29) is 12.2 Å². The van der Waals surface area contributed by atoms with Crippen molar-refractivity contribution in [3.63, 3.8) is 0 Å². The number of ether oxygens (including phenoxy) is 1. The van der Waals surface area contributed by atoms with Gasteiger partial charge in [0.25, 0.3) is 5.97 Å². The second kappa shape index (κ2) is 10.2. The standard InChI is InChI=1S/C9H17NO2.C2H4O2/c1-5-9(11)12-8(4)10(6-2)7-3;1-2(3)4/h5,8H,1,6-7H2,2-4H3;1H3,(H,3,4). The number of hydrogen-bond acceptors (Lipinski definition) is 4. The van der Waals surface area contributed by atoms with Crippen LogP contribution < -0.4 is 0 Å². The number of hydrogen-bond donors (Lipinski definition) is 1. The molecule has 1 N–H and O–H groups in total. The molecule has 0 spiro atoms. The Labute approximate surface area is 96.7 Å². The van der Waals surface area contributed by atoms with Crippen molar-refractivity contribution in [1.29, 1.82) is 0 Å². The molecular weight excluding hydrogens is 210 g/mol. The summed E-state index contributed by atoms with van der Waals surface area (Å²) < 4.78 is 5.01. The molecular formula is C11H21NO4. The van der Waals surface area contributed by atoms with Gasteiger partial charge in [-0.25, -0.2) is 4.79 Å². The molecule has 0 fully saturated rings. The third-order valence-corrected chi connectivity index (χ3v) is 1.78. The van der Waals surface area contributed by atoms with Crippen LogP contribution in [0.4, 0.5) is 0 Å². The lowest BCUT2D eigenvalue weighted by molar-refractivity contribution is -0.151. The van der Waals surface area contributed by atoms with Gasteiger partial charge >= 0.3 is 5.97 Å². The molecule has 0 rings (SSSR count). The normalized spacial score (nSPS) is 11.1. The second-order valence-electron chi connectivity index (χ2n) is 2.98. The number of nitrogens with zero attached hydrogens (tertiary/aromatic N) is 1. The lowest BCUT2D eigenvalue weighted by atomic mass is 10.4. The van der Waals surface area contributed by atoms with Gasteiger partial charge in [0, 0.05) is 13.0 Å². The van der Waals surface area contributed by atoms with Crippen LogP contribution in [0.25, 0.3) is 0 Å². The van der Waals surface area contributed by atoms with E-state index in [0.29, 0.717) is 0 Å². The Balaban J connectivity index is 0. The maximum atomic E-state index is 10.8. The Hall–Kier alpha value is -1.36. The molecule has 0 bridgehead atoms. The summed E-state index contributed by atoms with van der Waals surface area (Å²) in [5.74, 6) is -1.20. The molecule has 0 aliphatic rings. The quantitative estimate of drug-likeness (QED) is 0.441. The molecule has 0 aromatic carbocycles. The third kappa shape index (κ3) is 10.7. The van der Waals surface area contributed by atoms with E-state index in [9.17, 15) is 4.79 Å². The van der Waals surface area contributed by atoms with Crippen molar-refractivity contribution in [1.82, 2.24) is 4.90 Å². The molecule has 0 heterocycles. The maximum Gasteiger partial charge on any atom is 0.331 e.